The molecule has 0 atom stereocenters. The zero-order valence-electron chi connectivity index (χ0n) is 11.2. The molecular formula is C17H17NS. The van der Waals surface area contributed by atoms with E-state index in [1.807, 2.05) is 11.3 Å². The lowest BCUT2D eigenvalue weighted by Crippen LogP contribution is -2.01. The van der Waals surface area contributed by atoms with E-state index < -0.39 is 0 Å². The standard InChI is InChI=1S/C17H17NS/c1-11(10-18)12(2)13-7-8-17-15(9-13)14-5-3-4-6-16(14)19-17/h3-9H,10,18H2,1-2H3. The maximum Gasteiger partial charge on any atom is 0.0355 e. The number of hydrogen-bond donors (Lipinski definition) is 1. The number of hydrogen-bond acceptors (Lipinski definition) is 2. The van der Waals surface area contributed by atoms with Gasteiger partial charge in [0.2, 0.25) is 0 Å². The fraction of sp³-hybridized carbons (Fsp3) is 0.176. The summed E-state index contributed by atoms with van der Waals surface area (Å²) in [6.07, 6.45) is 0. The van der Waals surface area contributed by atoms with Gasteiger partial charge in [-0.2, -0.15) is 0 Å². The van der Waals surface area contributed by atoms with Crippen LogP contribution in [0.1, 0.15) is 19.4 Å². The van der Waals surface area contributed by atoms with E-state index in [0.29, 0.717) is 6.54 Å². The molecule has 96 valence electrons. The van der Waals surface area contributed by atoms with Crippen LogP contribution in [0.2, 0.25) is 0 Å². The van der Waals surface area contributed by atoms with Crippen LogP contribution in [-0.4, -0.2) is 6.54 Å². The fourth-order valence-electron chi connectivity index (χ4n) is 2.36. The molecule has 0 fully saturated rings. The largest absolute Gasteiger partial charge is 0.327 e. The van der Waals surface area contributed by atoms with Gasteiger partial charge in [-0.05, 0) is 43.2 Å². The zero-order chi connectivity index (χ0) is 13.4. The first-order chi connectivity index (χ1) is 9.20. The molecule has 0 unspecified atom stereocenters. The number of benzene rings is 2. The summed E-state index contributed by atoms with van der Waals surface area (Å²) in [7, 11) is 0. The Kier molecular flexibility index (Phi) is 3.13. The van der Waals surface area contributed by atoms with E-state index in [1.165, 1.54) is 36.9 Å². The molecule has 3 rings (SSSR count). The highest BCUT2D eigenvalue weighted by molar-refractivity contribution is 7.25. The van der Waals surface area contributed by atoms with Crippen molar-refractivity contribution in [3.8, 4) is 0 Å². The highest BCUT2D eigenvalue weighted by Gasteiger charge is 2.06. The number of fused-ring (bicyclic) bond motifs is 3. The highest BCUT2D eigenvalue weighted by atomic mass is 32.1. The summed E-state index contributed by atoms with van der Waals surface area (Å²) in [5.41, 5.74) is 9.55. The van der Waals surface area contributed by atoms with Gasteiger partial charge in [-0.3, -0.25) is 0 Å². The second kappa shape index (κ2) is 4.80. The normalized spacial score (nSPS) is 13.0. The smallest absolute Gasteiger partial charge is 0.0355 e. The van der Waals surface area contributed by atoms with Crippen LogP contribution < -0.4 is 5.73 Å². The summed E-state index contributed by atoms with van der Waals surface area (Å²) < 4.78 is 2.70. The fourth-order valence-corrected chi connectivity index (χ4v) is 3.45. The van der Waals surface area contributed by atoms with Gasteiger partial charge in [-0.1, -0.05) is 29.8 Å². The third-order valence-corrected chi connectivity index (χ3v) is 4.91. The molecule has 0 saturated carbocycles. The lowest BCUT2D eigenvalue weighted by atomic mass is 10.0. The van der Waals surface area contributed by atoms with Crippen molar-refractivity contribution in [2.24, 2.45) is 5.73 Å². The number of thiophene rings is 1. The molecule has 19 heavy (non-hydrogen) atoms. The number of rotatable bonds is 2. The van der Waals surface area contributed by atoms with Crippen LogP contribution in [0.4, 0.5) is 0 Å². The first-order valence-corrected chi connectivity index (χ1v) is 7.30. The molecule has 1 heterocycles. The first kappa shape index (κ1) is 12.4. The van der Waals surface area contributed by atoms with Crippen molar-refractivity contribution in [2.75, 3.05) is 6.54 Å². The molecule has 0 radical (unpaired) electrons. The summed E-state index contributed by atoms with van der Waals surface area (Å²) >= 11 is 1.86. The minimum atomic E-state index is 0.619. The van der Waals surface area contributed by atoms with Crippen LogP contribution in [-0.2, 0) is 0 Å². The van der Waals surface area contributed by atoms with E-state index in [-0.39, 0.29) is 0 Å². The Bertz CT molecular complexity index is 780. The maximum atomic E-state index is 5.74. The second-order valence-electron chi connectivity index (χ2n) is 4.92. The van der Waals surface area contributed by atoms with Gasteiger partial charge in [0.05, 0.1) is 0 Å². The second-order valence-corrected chi connectivity index (χ2v) is 6.00. The van der Waals surface area contributed by atoms with Gasteiger partial charge in [-0.15, -0.1) is 11.3 Å². The summed E-state index contributed by atoms with van der Waals surface area (Å²) in [5.74, 6) is 0. The molecule has 2 N–H and O–H groups in total. The Labute approximate surface area is 117 Å². The molecule has 0 spiro atoms. The Balaban J connectivity index is 2.28. The van der Waals surface area contributed by atoms with Gasteiger partial charge in [0, 0.05) is 26.7 Å². The molecule has 0 saturated heterocycles. The molecule has 1 aromatic heterocycles. The Hall–Kier alpha value is -1.64. The number of allylic oxidation sites excluding steroid dienone is 1. The van der Waals surface area contributed by atoms with Crippen molar-refractivity contribution in [3.05, 3.63) is 53.6 Å². The van der Waals surface area contributed by atoms with Crippen molar-refractivity contribution < 1.29 is 0 Å². The number of nitrogens with two attached hydrogens (primary N) is 1. The summed E-state index contributed by atoms with van der Waals surface area (Å²) in [5, 5.41) is 2.70. The van der Waals surface area contributed by atoms with Crippen molar-refractivity contribution in [3.63, 3.8) is 0 Å². The van der Waals surface area contributed by atoms with Crippen molar-refractivity contribution in [1.82, 2.24) is 0 Å². The Morgan fingerprint density at radius 1 is 1.00 bits per heavy atom. The van der Waals surface area contributed by atoms with Crippen LogP contribution in [0.3, 0.4) is 0 Å². The molecule has 0 bridgehead atoms. The van der Waals surface area contributed by atoms with Gasteiger partial charge in [0.25, 0.3) is 0 Å². The molecule has 0 amide bonds. The van der Waals surface area contributed by atoms with Gasteiger partial charge in [0.1, 0.15) is 0 Å². The van der Waals surface area contributed by atoms with E-state index in [1.54, 1.807) is 0 Å². The minimum Gasteiger partial charge on any atom is -0.327 e. The predicted molar refractivity (Wildman–Crippen MR) is 86.7 cm³/mol. The van der Waals surface area contributed by atoms with E-state index >= 15 is 0 Å². The van der Waals surface area contributed by atoms with Gasteiger partial charge in [-0.25, -0.2) is 0 Å². The summed E-state index contributed by atoms with van der Waals surface area (Å²) in [6, 6.07) is 15.3. The highest BCUT2D eigenvalue weighted by Crippen LogP contribution is 2.35. The molecule has 0 aliphatic heterocycles. The van der Waals surface area contributed by atoms with Crippen LogP contribution in [0, 0.1) is 0 Å². The molecule has 3 aromatic rings. The average Bonchev–Trinajstić information content (AvgIpc) is 2.83. The molecular weight excluding hydrogens is 250 g/mol. The Morgan fingerprint density at radius 2 is 1.74 bits per heavy atom. The predicted octanol–water partition coefficient (Wildman–Crippen LogP) is 4.81. The van der Waals surface area contributed by atoms with Gasteiger partial charge >= 0.3 is 0 Å². The molecule has 2 aromatic carbocycles. The van der Waals surface area contributed by atoms with Crippen molar-refractivity contribution >= 4 is 37.1 Å². The molecule has 0 aliphatic rings. The topological polar surface area (TPSA) is 26.0 Å². The third kappa shape index (κ3) is 2.07. The summed E-state index contributed by atoms with van der Waals surface area (Å²) in [4.78, 5) is 0. The molecule has 0 aliphatic carbocycles. The van der Waals surface area contributed by atoms with Crippen molar-refractivity contribution in [2.45, 2.75) is 13.8 Å². The molecule has 2 heteroatoms. The van der Waals surface area contributed by atoms with E-state index in [2.05, 4.69) is 56.3 Å². The minimum absolute atomic E-state index is 0.619. The van der Waals surface area contributed by atoms with Crippen LogP contribution in [0.25, 0.3) is 25.7 Å². The monoisotopic (exact) mass is 267 g/mol. The Morgan fingerprint density at radius 3 is 2.53 bits per heavy atom. The molecule has 1 nitrogen and oxygen atoms in total. The summed E-state index contributed by atoms with van der Waals surface area (Å²) in [6.45, 7) is 4.87. The van der Waals surface area contributed by atoms with Crippen molar-refractivity contribution in [1.29, 1.82) is 0 Å². The third-order valence-electron chi connectivity index (χ3n) is 3.76. The lowest BCUT2D eigenvalue weighted by molar-refractivity contribution is 1.14. The van der Waals surface area contributed by atoms with Crippen LogP contribution in [0.5, 0.6) is 0 Å². The zero-order valence-corrected chi connectivity index (χ0v) is 12.1. The maximum absolute atomic E-state index is 5.74. The van der Waals surface area contributed by atoms with E-state index in [4.69, 9.17) is 5.73 Å². The lowest BCUT2D eigenvalue weighted by Gasteiger charge is -2.06. The quantitative estimate of drug-likeness (QED) is 0.708. The van der Waals surface area contributed by atoms with Gasteiger partial charge in [0.15, 0.2) is 0 Å². The van der Waals surface area contributed by atoms with Crippen LogP contribution in [0.15, 0.2) is 48.0 Å². The van der Waals surface area contributed by atoms with E-state index in [0.717, 1.165) is 0 Å². The van der Waals surface area contributed by atoms with Gasteiger partial charge < -0.3 is 5.73 Å². The average molecular weight is 267 g/mol. The SMILES string of the molecule is CC(CN)=C(C)c1ccc2sc3ccccc3c2c1. The van der Waals surface area contributed by atoms with Crippen LogP contribution >= 0.6 is 11.3 Å². The first-order valence-electron chi connectivity index (χ1n) is 6.49. The van der Waals surface area contributed by atoms with E-state index in [9.17, 15) is 0 Å².